The average Bonchev–Trinajstić information content (AvgIpc) is 3.11. The van der Waals surface area contributed by atoms with Crippen LogP contribution >= 0.6 is 0 Å². The first-order valence-electron chi connectivity index (χ1n) is 7.63. The van der Waals surface area contributed by atoms with Crippen LogP contribution in [0.1, 0.15) is 35.3 Å². The monoisotopic (exact) mass is 280 g/mol. The lowest BCUT2D eigenvalue weighted by atomic mass is 9.96. The number of fused-ring (bicyclic) bond motifs is 3. The van der Waals surface area contributed by atoms with E-state index in [0.717, 1.165) is 19.5 Å². The Morgan fingerprint density at radius 3 is 3.10 bits per heavy atom. The summed E-state index contributed by atoms with van der Waals surface area (Å²) in [5, 5.41) is 9.41. The maximum absolute atomic E-state index is 4.41. The van der Waals surface area contributed by atoms with Crippen molar-refractivity contribution in [3.63, 3.8) is 0 Å². The first-order chi connectivity index (χ1) is 10.3. The summed E-state index contributed by atoms with van der Waals surface area (Å²) in [4.78, 5) is 3.62. The molecule has 0 saturated heterocycles. The second-order valence-electron chi connectivity index (χ2n) is 5.83. The molecule has 0 amide bonds. The molecule has 3 aromatic rings. The van der Waals surface area contributed by atoms with Crippen LogP contribution in [0.25, 0.3) is 10.9 Å². The van der Waals surface area contributed by atoms with Crippen LogP contribution in [0.5, 0.6) is 0 Å². The number of hydrogen-bond donors (Lipinski definition) is 2. The molecule has 0 radical (unpaired) electrons. The number of H-pyrrole nitrogens is 1. The molecule has 4 heteroatoms. The Morgan fingerprint density at radius 2 is 2.29 bits per heavy atom. The molecule has 1 aromatic carbocycles. The number of aryl methyl sites for hydroxylation is 2. The normalized spacial score (nSPS) is 18.1. The Bertz CT molecular complexity index is 796. The molecular formula is C17H20N4. The highest BCUT2D eigenvalue weighted by Crippen LogP contribution is 2.33. The molecule has 0 bridgehead atoms. The van der Waals surface area contributed by atoms with Crippen LogP contribution in [0.2, 0.25) is 0 Å². The molecular weight excluding hydrogens is 260 g/mol. The molecule has 3 heterocycles. The van der Waals surface area contributed by atoms with Gasteiger partial charge in [-0.3, -0.25) is 4.68 Å². The van der Waals surface area contributed by atoms with E-state index in [9.17, 15) is 0 Å². The van der Waals surface area contributed by atoms with Crippen LogP contribution < -0.4 is 5.32 Å². The van der Waals surface area contributed by atoms with Gasteiger partial charge in [0.15, 0.2) is 0 Å². The first kappa shape index (κ1) is 12.7. The van der Waals surface area contributed by atoms with E-state index >= 15 is 0 Å². The van der Waals surface area contributed by atoms with E-state index in [4.69, 9.17) is 0 Å². The predicted molar refractivity (Wildman–Crippen MR) is 84.5 cm³/mol. The van der Waals surface area contributed by atoms with E-state index < -0.39 is 0 Å². The van der Waals surface area contributed by atoms with Crippen molar-refractivity contribution in [2.75, 3.05) is 6.54 Å². The third-order valence-corrected chi connectivity index (χ3v) is 4.42. The zero-order valence-electron chi connectivity index (χ0n) is 12.5. The largest absolute Gasteiger partial charge is 0.357 e. The van der Waals surface area contributed by atoms with Gasteiger partial charge >= 0.3 is 0 Å². The van der Waals surface area contributed by atoms with Crippen LogP contribution in [-0.2, 0) is 13.0 Å². The van der Waals surface area contributed by atoms with Gasteiger partial charge < -0.3 is 10.3 Å². The van der Waals surface area contributed by atoms with Crippen molar-refractivity contribution >= 4 is 10.9 Å². The van der Waals surface area contributed by atoms with Gasteiger partial charge in [-0.05, 0) is 38.0 Å². The molecule has 2 aromatic heterocycles. The fourth-order valence-corrected chi connectivity index (χ4v) is 3.33. The van der Waals surface area contributed by atoms with Gasteiger partial charge in [0, 0.05) is 41.4 Å². The molecule has 4 nitrogen and oxygen atoms in total. The van der Waals surface area contributed by atoms with Crippen LogP contribution in [0.3, 0.4) is 0 Å². The van der Waals surface area contributed by atoms with Gasteiger partial charge in [-0.25, -0.2) is 0 Å². The Balaban J connectivity index is 1.85. The second-order valence-corrected chi connectivity index (χ2v) is 5.83. The van der Waals surface area contributed by atoms with Crippen LogP contribution in [0, 0.1) is 6.92 Å². The molecule has 0 aliphatic carbocycles. The van der Waals surface area contributed by atoms with Crippen LogP contribution in [-0.4, -0.2) is 21.3 Å². The summed E-state index contributed by atoms with van der Waals surface area (Å²) in [7, 11) is 0. The van der Waals surface area contributed by atoms with E-state index in [1.54, 1.807) is 0 Å². The minimum Gasteiger partial charge on any atom is -0.357 e. The van der Waals surface area contributed by atoms with Gasteiger partial charge in [0.2, 0.25) is 0 Å². The summed E-state index contributed by atoms with van der Waals surface area (Å²) >= 11 is 0. The molecule has 1 aliphatic rings. The molecule has 1 aliphatic heterocycles. The molecule has 1 atom stereocenters. The molecule has 21 heavy (non-hydrogen) atoms. The zero-order chi connectivity index (χ0) is 14.4. The van der Waals surface area contributed by atoms with E-state index in [-0.39, 0.29) is 6.04 Å². The van der Waals surface area contributed by atoms with Crippen molar-refractivity contribution in [2.24, 2.45) is 0 Å². The average molecular weight is 280 g/mol. The van der Waals surface area contributed by atoms with Gasteiger partial charge in [-0.2, -0.15) is 5.10 Å². The van der Waals surface area contributed by atoms with Crippen molar-refractivity contribution in [1.82, 2.24) is 20.1 Å². The van der Waals surface area contributed by atoms with Crippen molar-refractivity contribution in [3.05, 3.63) is 53.0 Å². The Labute approximate surface area is 124 Å². The quantitative estimate of drug-likeness (QED) is 0.758. The van der Waals surface area contributed by atoms with Crippen molar-refractivity contribution in [3.8, 4) is 0 Å². The molecule has 2 N–H and O–H groups in total. The van der Waals surface area contributed by atoms with Crippen molar-refractivity contribution < 1.29 is 0 Å². The van der Waals surface area contributed by atoms with Gasteiger partial charge in [0.05, 0.1) is 12.2 Å². The molecule has 1 unspecified atom stereocenters. The molecule has 0 spiro atoms. The van der Waals surface area contributed by atoms with E-state index in [1.165, 1.54) is 33.3 Å². The topological polar surface area (TPSA) is 45.6 Å². The summed E-state index contributed by atoms with van der Waals surface area (Å²) in [6, 6.07) is 6.88. The highest BCUT2D eigenvalue weighted by Gasteiger charge is 2.26. The Hall–Kier alpha value is -2.07. The minimum atomic E-state index is 0.224. The number of aromatic amines is 1. The SMILES string of the molecule is CCn1cc(C2NCCc3c2[nH]c2ccc(C)cc32)cn1. The zero-order valence-corrected chi connectivity index (χ0v) is 12.5. The van der Waals surface area contributed by atoms with Crippen LogP contribution in [0.4, 0.5) is 0 Å². The van der Waals surface area contributed by atoms with Gasteiger partial charge in [-0.15, -0.1) is 0 Å². The third-order valence-electron chi connectivity index (χ3n) is 4.42. The number of benzene rings is 1. The lowest BCUT2D eigenvalue weighted by molar-refractivity contribution is 0.559. The summed E-state index contributed by atoms with van der Waals surface area (Å²) in [6.45, 7) is 6.19. The molecule has 108 valence electrons. The summed E-state index contributed by atoms with van der Waals surface area (Å²) < 4.78 is 1.98. The van der Waals surface area contributed by atoms with Gasteiger partial charge in [0.1, 0.15) is 0 Å². The maximum atomic E-state index is 4.41. The predicted octanol–water partition coefficient (Wildman–Crippen LogP) is 2.93. The fourth-order valence-electron chi connectivity index (χ4n) is 3.33. The van der Waals surface area contributed by atoms with Crippen molar-refractivity contribution in [2.45, 2.75) is 32.9 Å². The summed E-state index contributed by atoms with van der Waals surface area (Å²) in [5.41, 5.74) is 6.56. The Morgan fingerprint density at radius 1 is 1.38 bits per heavy atom. The molecule has 0 saturated carbocycles. The lowest BCUT2D eigenvalue weighted by Crippen LogP contribution is -2.30. The maximum Gasteiger partial charge on any atom is 0.0763 e. The van der Waals surface area contributed by atoms with Crippen molar-refractivity contribution in [1.29, 1.82) is 0 Å². The number of aromatic nitrogens is 3. The van der Waals surface area contributed by atoms with Gasteiger partial charge in [0.25, 0.3) is 0 Å². The number of rotatable bonds is 2. The van der Waals surface area contributed by atoms with E-state index in [0.29, 0.717) is 0 Å². The Kier molecular flexibility index (Phi) is 2.86. The first-order valence-corrected chi connectivity index (χ1v) is 7.63. The van der Waals surface area contributed by atoms with E-state index in [2.05, 4.69) is 53.6 Å². The lowest BCUT2D eigenvalue weighted by Gasteiger charge is -2.23. The molecule has 0 fully saturated rings. The second kappa shape index (κ2) is 4.74. The highest BCUT2D eigenvalue weighted by atomic mass is 15.3. The summed E-state index contributed by atoms with van der Waals surface area (Å²) in [5.74, 6) is 0. The standard InChI is InChI=1S/C17H20N4/c1-3-21-10-12(9-19-21)16-17-13(6-7-18-16)14-8-11(2)4-5-15(14)20-17/h4-5,8-10,16,18,20H,3,6-7H2,1-2H3. The van der Waals surface area contributed by atoms with Gasteiger partial charge in [-0.1, -0.05) is 11.6 Å². The molecule has 4 rings (SSSR count). The minimum absolute atomic E-state index is 0.224. The van der Waals surface area contributed by atoms with Crippen LogP contribution in [0.15, 0.2) is 30.6 Å². The highest BCUT2D eigenvalue weighted by molar-refractivity contribution is 5.86. The number of nitrogens with zero attached hydrogens (tertiary/aromatic N) is 2. The number of hydrogen-bond acceptors (Lipinski definition) is 2. The number of nitrogens with one attached hydrogen (secondary N) is 2. The smallest absolute Gasteiger partial charge is 0.0763 e. The summed E-state index contributed by atoms with van der Waals surface area (Å²) in [6.07, 6.45) is 5.20. The van der Waals surface area contributed by atoms with E-state index in [1.807, 2.05) is 10.9 Å². The third kappa shape index (κ3) is 1.98. The fraction of sp³-hybridized carbons (Fsp3) is 0.353.